The first-order valence-electron chi connectivity index (χ1n) is 10.3. The Morgan fingerprint density at radius 2 is 1.87 bits per heavy atom. The minimum Gasteiger partial charge on any atom is -0.490 e. The van der Waals surface area contributed by atoms with E-state index < -0.39 is 17.7 Å². The van der Waals surface area contributed by atoms with Crippen LogP contribution >= 0.6 is 0 Å². The fourth-order valence-corrected chi connectivity index (χ4v) is 3.06. The van der Waals surface area contributed by atoms with Crippen LogP contribution in [-0.4, -0.2) is 76.9 Å². The second-order valence-electron chi connectivity index (χ2n) is 8.33. The zero-order valence-corrected chi connectivity index (χ0v) is 17.9. The molecule has 1 atom stereocenters. The summed E-state index contributed by atoms with van der Waals surface area (Å²) in [6.45, 7) is 10.4. The molecule has 30 heavy (non-hydrogen) atoms. The van der Waals surface area contributed by atoms with Gasteiger partial charge < -0.3 is 19.3 Å². The van der Waals surface area contributed by atoms with Crippen LogP contribution in [0.2, 0.25) is 0 Å². The maximum Gasteiger partial charge on any atom is 0.339 e. The molecule has 1 aromatic heterocycles. The molecule has 0 saturated carbocycles. The predicted octanol–water partition coefficient (Wildman–Crippen LogP) is 1.96. The Hall–Kier alpha value is -2.42. The molecule has 2 aromatic rings. The van der Waals surface area contributed by atoms with Gasteiger partial charge >= 0.3 is 5.97 Å². The molecule has 0 aliphatic carbocycles. The molecule has 2 heterocycles. The molecular weight excluding hydrogens is 386 g/mol. The molecule has 0 bridgehead atoms. The second-order valence-corrected chi connectivity index (χ2v) is 8.33. The SMILES string of the molecule is CC(C)(C)OC(=O)[C@H](O)COc1ccc(-c2cnn(CCN3CCOCC3)c2)cc1. The van der Waals surface area contributed by atoms with E-state index in [1.165, 1.54) is 0 Å². The maximum absolute atomic E-state index is 11.8. The van der Waals surface area contributed by atoms with E-state index in [9.17, 15) is 9.90 Å². The number of ether oxygens (including phenoxy) is 3. The summed E-state index contributed by atoms with van der Waals surface area (Å²) in [6.07, 6.45) is 2.55. The molecular formula is C22H31N3O5. The van der Waals surface area contributed by atoms with E-state index in [1.54, 1.807) is 20.8 Å². The standard InChI is InChI=1S/C22H31N3O5/c1-22(2,3)30-21(27)20(26)16-29-19-6-4-17(5-7-19)18-14-23-25(15-18)9-8-24-10-12-28-13-11-24/h4-7,14-15,20,26H,8-13,16H2,1-3H3/t20-/m1/s1. The summed E-state index contributed by atoms with van der Waals surface area (Å²) in [5.41, 5.74) is 1.40. The molecule has 1 fully saturated rings. The van der Waals surface area contributed by atoms with Crippen LogP contribution in [0.25, 0.3) is 11.1 Å². The summed E-state index contributed by atoms with van der Waals surface area (Å²) in [6, 6.07) is 7.47. The minimum atomic E-state index is -1.33. The zero-order valence-electron chi connectivity index (χ0n) is 17.9. The monoisotopic (exact) mass is 417 g/mol. The van der Waals surface area contributed by atoms with E-state index in [0.29, 0.717) is 5.75 Å². The maximum atomic E-state index is 11.8. The van der Waals surface area contributed by atoms with Crippen molar-refractivity contribution in [2.45, 2.75) is 39.0 Å². The van der Waals surface area contributed by atoms with Gasteiger partial charge in [0.05, 0.1) is 26.0 Å². The van der Waals surface area contributed by atoms with Gasteiger partial charge in [0.1, 0.15) is 18.0 Å². The number of nitrogens with zero attached hydrogens (tertiary/aromatic N) is 3. The van der Waals surface area contributed by atoms with Crippen molar-refractivity contribution in [2.75, 3.05) is 39.5 Å². The van der Waals surface area contributed by atoms with Crippen LogP contribution in [0.5, 0.6) is 5.75 Å². The number of morpholine rings is 1. The molecule has 1 N–H and O–H groups in total. The molecule has 8 heteroatoms. The lowest BCUT2D eigenvalue weighted by molar-refractivity contribution is -0.166. The zero-order chi connectivity index (χ0) is 21.6. The van der Waals surface area contributed by atoms with Crippen molar-refractivity contribution in [3.63, 3.8) is 0 Å². The molecule has 0 unspecified atom stereocenters. The van der Waals surface area contributed by atoms with Gasteiger partial charge in [-0.05, 0) is 38.5 Å². The van der Waals surface area contributed by atoms with E-state index >= 15 is 0 Å². The van der Waals surface area contributed by atoms with Gasteiger partial charge in [0.2, 0.25) is 0 Å². The van der Waals surface area contributed by atoms with E-state index in [2.05, 4.69) is 10.00 Å². The summed E-state index contributed by atoms with van der Waals surface area (Å²) < 4.78 is 18.0. The number of hydrogen-bond donors (Lipinski definition) is 1. The first-order chi connectivity index (χ1) is 14.3. The normalized spacial score (nSPS) is 16.3. The van der Waals surface area contributed by atoms with E-state index in [-0.39, 0.29) is 6.61 Å². The van der Waals surface area contributed by atoms with Crippen molar-refractivity contribution in [1.29, 1.82) is 0 Å². The Bertz CT molecular complexity index is 807. The van der Waals surface area contributed by atoms with Gasteiger partial charge in [0.15, 0.2) is 6.10 Å². The van der Waals surface area contributed by atoms with Crippen molar-refractivity contribution in [2.24, 2.45) is 0 Å². The number of hydrogen-bond acceptors (Lipinski definition) is 7. The Morgan fingerprint density at radius 1 is 1.17 bits per heavy atom. The summed E-state index contributed by atoms with van der Waals surface area (Å²) in [5.74, 6) is -0.121. The highest BCUT2D eigenvalue weighted by Gasteiger charge is 2.23. The number of aliphatic hydroxyl groups is 1. The largest absolute Gasteiger partial charge is 0.490 e. The van der Waals surface area contributed by atoms with Crippen molar-refractivity contribution < 1.29 is 24.1 Å². The molecule has 0 amide bonds. The first kappa shape index (κ1) is 22.3. The molecule has 164 valence electrons. The highest BCUT2D eigenvalue weighted by molar-refractivity contribution is 5.75. The topological polar surface area (TPSA) is 86.1 Å². The Morgan fingerprint density at radius 3 is 2.53 bits per heavy atom. The number of carbonyl (C=O) groups excluding carboxylic acids is 1. The van der Waals surface area contributed by atoms with Crippen LogP contribution in [-0.2, 0) is 20.8 Å². The molecule has 1 aromatic carbocycles. The quantitative estimate of drug-likeness (QED) is 0.657. The van der Waals surface area contributed by atoms with E-state index in [0.717, 1.165) is 50.5 Å². The summed E-state index contributed by atoms with van der Waals surface area (Å²) in [7, 11) is 0. The third-order valence-electron chi connectivity index (χ3n) is 4.66. The Labute approximate surface area is 177 Å². The fraction of sp³-hybridized carbons (Fsp3) is 0.545. The van der Waals surface area contributed by atoms with Crippen LogP contribution in [0.1, 0.15) is 20.8 Å². The van der Waals surface area contributed by atoms with Crippen molar-refractivity contribution in [3.05, 3.63) is 36.7 Å². The summed E-state index contributed by atoms with van der Waals surface area (Å²) in [4.78, 5) is 14.2. The number of aliphatic hydroxyl groups excluding tert-OH is 1. The molecule has 1 aliphatic rings. The lowest BCUT2D eigenvalue weighted by atomic mass is 10.1. The van der Waals surface area contributed by atoms with Gasteiger partial charge in [-0.1, -0.05) is 12.1 Å². The third-order valence-corrected chi connectivity index (χ3v) is 4.66. The molecule has 8 nitrogen and oxygen atoms in total. The van der Waals surface area contributed by atoms with Gasteiger partial charge in [-0.2, -0.15) is 5.10 Å². The van der Waals surface area contributed by atoms with E-state index in [1.807, 2.05) is 41.3 Å². The molecule has 0 radical (unpaired) electrons. The van der Waals surface area contributed by atoms with Gasteiger partial charge in [0.25, 0.3) is 0 Å². The first-order valence-corrected chi connectivity index (χ1v) is 10.3. The Balaban J connectivity index is 1.48. The lowest BCUT2D eigenvalue weighted by Gasteiger charge is -2.26. The van der Waals surface area contributed by atoms with Crippen molar-refractivity contribution in [1.82, 2.24) is 14.7 Å². The van der Waals surface area contributed by atoms with Gasteiger partial charge in [-0.3, -0.25) is 9.58 Å². The number of benzene rings is 1. The number of rotatable bonds is 8. The summed E-state index contributed by atoms with van der Waals surface area (Å²) in [5, 5.41) is 14.4. The highest BCUT2D eigenvalue weighted by Crippen LogP contribution is 2.22. The predicted molar refractivity (Wildman–Crippen MR) is 112 cm³/mol. The second kappa shape index (κ2) is 10.1. The third kappa shape index (κ3) is 6.83. The van der Waals surface area contributed by atoms with Crippen molar-refractivity contribution >= 4 is 5.97 Å². The number of esters is 1. The van der Waals surface area contributed by atoms with Crippen LogP contribution < -0.4 is 4.74 Å². The smallest absolute Gasteiger partial charge is 0.339 e. The van der Waals surface area contributed by atoms with Gasteiger partial charge in [-0.15, -0.1) is 0 Å². The van der Waals surface area contributed by atoms with E-state index in [4.69, 9.17) is 14.2 Å². The van der Waals surface area contributed by atoms with Gasteiger partial charge in [0, 0.05) is 31.4 Å². The molecule has 0 spiro atoms. The summed E-state index contributed by atoms with van der Waals surface area (Å²) >= 11 is 0. The molecule has 1 aliphatic heterocycles. The molecule has 3 rings (SSSR count). The minimum absolute atomic E-state index is 0.159. The fourth-order valence-electron chi connectivity index (χ4n) is 3.06. The van der Waals surface area contributed by atoms with Crippen molar-refractivity contribution in [3.8, 4) is 16.9 Å². The number of aromatic nitrogens is 2. The average Bonchev–Trinajstić information content (AvgIpc) is 3.19. The van der Waals surface area contributed by atoms with Crippen LogP contribution in [0.3, 0.4) is 0 Å². The van der Waals surface area contributed by atoms with Crippen LogP contribution in [0.15, 0.2) is 36.7 Å². The highest BCUT2D eigenvalue weighted by atomic mass is 16.6. The van der Waals surface area contributed by atoms with Gasteiger partial charge in [-0.25, -0.2) is 4.79 Å². The van der Waals surface area contributed by atoms with Crippen LogP contribution in [0.4, 0.5) is 0 Å². The average molecular weight is 418 g/mol. The molecule has 1 saturated heterocycles. The Kier molecular flexibility index (Phi) is 7.47. The van der Waals surface area contributed by atoms with Crippen LogP contribution in [0, 0.1) is 0 Å². The lowest BCUT2D eigenvalue weighted by Crippen LogP contribution is -2.38. The number of carbonyl (C=O) groups is 1.